The molecule has 3 rings (SSSR count). The first kappa shape index (κ1) is 12.4. The summed E-state index contributed by atoms with van der Waals surface area (Å²) in [5.74, 6) is 0.605. The zero-order chi connectivity index (χ0) is 13.4. The summed E-state index contributed by atoms with van der Waals surface area (Å²) in [4.78, 5) is 13.8. The third-order valence-corrected chi connectivity index (χ3v) is 3.70. The van der Waals surface area contributed by atoms with Gasteiger partial charge in [0, 0.05) is 25.1 Å². The molecule has 0 aliphatic carbocycles. The molecule has 1 fully saturated rings. The quantitative estimate of drug-likeness (QED) is 0.864. The van der Waals surface area contributed by atoms with Crippen LogP contribution in [0.5, 0.6) is 5.75 Å². The average molecular weight is 264 g/mol. The molecule has 0 saturated carbocycles. The summed E-state index contributed by atoms with van der Waals surface area (Å²) in [5, 5.41) is 3.13. The molecule has 0 bridgehead atoms. The standard InChI is InChI=1S/C14H17FN2O2/c1-9-14(18)17(5-4-16-9)8-12-7-10-6-11(15)2-3-13(10)19-12/h2-3,6,9,12,16H,4-5,7-8H2,1H3. The molecule has 0 spiro atoms. The summed E-state index contributed by atoms with van der Waals surface area (Å²) < 4.78 is 18.9. The molecule has 0 aromatic heterocycles. The van der Waals surface area contributed by atoms with E-state index < -0.39 is 0 Å². The van der Waals surface area contributed by atoms with Crippen LogP contribution in [-0.4, -0.2) is 42.6 Å². The molecule has 2 heterocycles. The largest absolute Gasteiger partial charge is 0.488 e. The lowest BCUT2D eigenvalue weighted by atomic mass is 10.1. The maximum atomic E-state index is 13.1. The molecule has 2 aliphatic rings. The zero-order valence-corrected chi connectivity index (χ0v) is 10.9. The maximum Gasteiger partial charge on any atom is 0.239 e. The molecular formula is C14H17FN2O2. The summed E-state index contributed by atoms with van der Waals surface area (Å²) in [6.45, 7) is 3.95. The van der Waals surface area contributed by atoms with E-state index in [1.54, 1.807) is 6.07 Å². The number of halogens is 1. The van der Waals surface area contributed by atoms with Gasteiger partial charge in [-0.25, -0.2) is 4.39 Å². The van der Waals surface area contributed by atoms with Gasteiger partial charge in [0.1, 0.15) is 17.7 Å². The molecule has 19 heavy (non-hydrogen) atoms. The Bertz CT molecular complexity index is 506. The Morgan fingerprint density at radius 3 is 3.21 bits per heavy atom. The van der Waals surface area contributed by atoms with Gasteiger partial charge in [0.15, 0.2) is 0 Å². The van der Waals surface area contributed by atoms with Gasteiger partial charge < -0.3 is 15.0 Å². The molecule has 0 radical (unpaired) electrons. The smallest absolute Gasteiger partial charge is 0.239 e. The highest BCUT2D eigenvalue weighted by Gasteiger charge is 2.30. The van der Waals surface area contributed by atoms with Crippen molar-refractivity contribution in [1.82, 2.24) is 10.2 Å². The van der Waals surface area contributed by atoms with Crippen LogP contribution in [0.4, 0.5) is 4.39 Å². The van der Waals surface area contributed by atoms with E-state index in [1.807, 2.05) is 11.8 Å². The van der Waals surface area contributed by atoms with Crippen LogP contribution in [0.15, 0.2) is 18.2 Å². The third-order valence-electron chi connectivity index (χ3n) is 3.70. The predicted molar refractivity (Wildman–Crippen MR) is 68.6 cm³/mol. The summed E-state index contributed by atoms with van der Waals surface area (Å²) >= 11 is 0. The van der Waals surface area contributed by atoms with Crippen molar-refractivity contribution in [1.29, 1.82) is 0 Å². The Labute approximate surface area is 111 Å². The lowest BCUT2D eigenvalue weighted by Crippen LogP contribution is -2.55. The fourth-order valence-corrected chi connectivity index (χ4v) is 2.71. The van der Waals surface area contributed by atoms with E-state index in [4.69, 9.17) is 4.74 Å². The number of piperazine rings is 1. The van der Waals surface area contributed by atoms with Crippen LogP contribution in [0.3, 0.4) is 0 Å². The van der Waals surface area contributed by atoms with Gasteiger partial charge in [0.05, 0.1) is 12.6 Å². The van der Waals surface area contributed by atoms with Gasteiger partial charge in [-0.15, -0.1) is 0 Å². The molecule has 2 unspecified atom stereocenters. The van der Waals surface area contributed by atoms with Crippen molar-refractivity contribution in [3.05, 3.63) is 29.6 Å². The van der Waals surface area contributed by atoms with E-state index in [0.717, 1.165) is 17.9 Å². The highest BCUT2D eigenvalue weighted by molar-refractivity contribution is 5.82. The van der Waals surface area contributed by atoms with Gasteiger partial charge >= 0.3 is 0 Å². The molecule has 1 aromatic carbocycles. The van der Waals surface area contributed by atoms with Gasteiger partial charge in [-0.3, -0.25) is 4.79 Å². The molecule has 1 amide bonds. The van der Waals surface area contributed by atoms with Gasteiger partial charge in [0.25, 0.3) is 0 Å². The van der Waals surface area contributed by atoms with Crippen LogP contribution in [0, 0.1) is 5.82 Å². The van der Waals surface area contributed by atoms with E-state index in [2.05, 4.69) is 5.32 Å². The minimum Gasteiger partial charge on any atom is -0.488 e. The number of ether oxygens (including phenoxy) is 1. The predicted octanol–water partition coefficient (Wildman–Crippen LogP) is 0.949. The number of hydrogen-bond acceptors (Lipinski definition) is 3. The highest BCUT2D eigenvalue weighted by atomic mass is 19.1. The number of amides is 1. The first-order chi connectivity index (χ1) is 9.13. The van der Waals surface area contributed by atoms with E-state index in [-0.39, 0.29) is 23.9 Å². The zero-order valence-electron chi connectivity index (χ0n) is 10.9. The molecule has 2 aliphatic heterocycles. The van der Waals surface area contributed by atoms with Crippen LogP contribution in [-0.2, 0) is 11.2 Å². The topological polar surface area (TPSA) is 41.6 Å². The molecular weight excluding hydrogens is 247 g/mol. The maximum absolute atomic E-state index is 13.1. The van der Waals surface area contributed by atoms with Crippen molar-refractivity contribution < 1.29 is 13.9 Å². The van der Waals surface area contributed by atoms with Crippen molar-refractivity contribution in [3.63, 3.8) is 0 Å². The second-order valence-electron chi connectivity index (χ2n) is 5.16. The normalized spacial score (nSPS) is 26.2. The lowest BCUT2D eigenvalue weighted by molar-refractivity contribution is -0.136. The van der Waals surface area contributed by atoms with Gasteiger partial charge in [-0.2, -0.15) is 0 Å². The van der Waals surface area contributed by atoms with Crippen LogP contribution in [0.2, 0.25) is 0 Å². The number of fused-ring (bicyclic) bond motifs is 1. The van der Waals surface area contributed by atoms with Crippen molar-refractivity contribution in [3.8, 4) is 5.75 Å². The minimum absolute atomic E-state index is 0.0638. The van der Waals surface area contributed by atoms with Crippen LogP contribution >= 0.6 is 0 Å². The Hall–Kier alpha value is -1.62. The first-order valence-electron chi connectivity index (χ1n) is 6.61. The van der Waals surface area contributed by atoms with Crippen molar-refractivity contribution in [2.24, 2.45) is 0 Å². The molecule has 5 heteroatoms. The molecule has 2 atom stereocenters. The Kier molecular flexibility index (Phi) is 3.14. The van der Waals surface area contributed by atoms with Crippen molar-refractivity contribution in [2.45, 2.75) is 25.5 Å². The molecule has 1 aromatic rings. The van der Waals surface area contributed by atoms with Crippen LogP contribution < -0.4 is 10.1 Å². The van der Waals surface area contributed by atoms with Gasteiger partial charge in [0.2, 0.25) is 5.91 Å². The summed E-state index contributed by atoms with van der Waals surface area (Å²) in [6, 6.07) is 4.44. The molecule has 1 N–H and O–H groups in total. The lowest BCUT2D eigenvalue weighted by Gasteiger charge is -2.32. The second-order valence-corrected chi connectivity index (χ2v) is 5.16. The van der Waals surface area contributed by atoms with E-state index in [0.29, 0.717) is 19.5 Å². The fraction of sp³-hybridized carbons (Fsp3) is 0.500. The van der Waals surface area contributed by atoms with Gasteiger partial charge in [-0.1, -0.05) is 0 Å². The number of carbonyl (C=O) groups is 1. The summed E-state index contributed by atoms with van der Waals surface area (Å²) in [7, 11) is 0. The number of nitrogens with zero attached hydrogens (tertiary/aromatic N) is 1. The molecule has 1 saturated heterocycles. The number of carbonyl (C=O) groups excluding carboxylic acids is 1. The summed E-state index contributed by atoms with van der Waals surface area (Å²) in [6.07, 6.45) is 0.602. The number of hydrogen-bond donors (Lipinski definition) is 1. The highest BCUT2D eigenvalue weighted by Crippen LogP contribution is 2.29. The van der Waals surface area contributed by atoms with E-state index in [9.17, 15) is 9.18 Å². The Morgan fingerprint density at radius 1 is 1.53 bits per heavy atom. The van der Waals surface area contributed by atoms with Crippen molar-refractivity contribution >= 4 is 5.91 Å². The SMILES string of the molecule is CC1NCCN(CC2Cc3cc(F)ccc3O2)C1=O. The number of rotatable bonds is 2. The number of nitrogens with one attached hydrogen (secondary N) is 1. The van der Waals surface area contributed by atoms with Crippen LogP contribution in [0.1, 0.15) is 12.5 Å². The van der Waals surface area contributed by atoms with Crippen LogP contribution in [0.25, 0.3) is 0 Å². The summed E-state index contributed by atoms with van der Waals surface area (Å²) in [5.41, 5.74) is 0.889. The van der Waals surface area contributed by atoms with E-state index in [1.165, 1.54) is 12.1 Å². The number of benzene rings is 1. The average Bonchev–Trinajstić information content (AvgIpc) is 2.76. The first-order valence-corrected chi connectivity index (χ1v) is 6.61. The third kappa shape index (κ3) is 2.42. The van der Waals surface area contributed by atoms with E-state index >= 15 is 0 Å². The monoisotopic (exact) mass is 264 g/mol. The second kappa shape index (κ2) is 4.81. The minimum atomic E-state index is -0.241. The van der Waals surface area contributed by atoms with Gasteiger partial charge in [-0.05, 0) is 25.1 Å². The van der Waals surface area contributed by atoms with Crippen molar-refractivity contribution in [2.75, 3.05) is 19.6 Å². The molecule has 4 nitrogen and oxygen atoms in total. The Morgan fingerprint density at radius 2 is 2.37 bits per heavy atom. The Balaban J connectivity index is 1.65. The fourth-order valence-electron chi connectivity index (χ4n) is 2.71. The molecule has 102 valence electrons.